The van der Waals surface area contributed by atoms with E-state index in [1.807, 2.05) is 0 Å². The average molecular weight is 240 g/mol. The van der Waals surface area contributed by atoms with Gasteiger partial charge in [0.1, 0.15) is 0 Å². The van der Waals surface area contributed by atoms with Crippen molar-refractivity contribution in [3.05, 3.63) is 0 Å². The van der Waals surface area contributed by atoms with Crippen LogP contribution in [0.5, 0.6) is 0 Å². The second kappa shape index (κ2) is 5.46. The Morgan fingerprint density at radius 1 is 1.29 bits per heavy atom. The number of nitrogens with zero attached hydrogens (tertiary/aromatic N) is 2. The molecule has 0 aromatic heterocycles. The maximum atomic E-state index is 11.5. The van der Waals surface area contributed by atoms with Crippen molar-refractivity contribution in [2.24, 2.45) is 5.92 Å². The van der Waals surface area contributed by atoms with E-state index < -0.39 is 0 Å². The number of hydrogen-bond acceptors (Lipinski definition) is 4. The Morgan fingerprint density at radius 3 is 2.53 bits per heavy atom. The summed E-state index contributed by atoms with van der Waals surface area (Å²) in [5.74, 6) is -0.0524. The van der Waals surface area contributed by atoms with Gasteiger partial charge in [-0.05, 0) is 33.0 Å². The summed E-state index contributed by atoms with van der Waals surface area (Å²) < 4.78 is 0. The van der Waals surface area contributed by atoms with E-state index in [2.05, 4.69) is 27.7 Å². The van der Waals surface area contributed by atoms with E-state index in [1.165, 1.54) is 12.8 Å². The van der Waals surface area contributed by atoms with E-state index in [9.17, 15) is 9.59 Å². The van der Waals surface area contributed by atoms with Crippen LogP contribution >= 0.6 is 0 Å². The van der Waals surface area contributed by atoms with Crippen molar-refractivity contribution >= 4 is 12.3 Å². The summed E-state index contributed by atoms with van der Waals surface area (Å²) >= 11 is 0. The minimum Gasteiger partial charge on any atom is -0.306 e. The van der Waals surface area contributed by atoms with Gasteiger partial charge in [-0.3, -0.25) is 25.3 Å². The smallest absolute Gasteiger partial charge is 0.244 e. The number of amides is 2. The quantitative estimate of drug-likeness (QED) is 0.478. The van der Waals surface area contributed by atoms with Crippen LogP contribution in [-0.2, 0) is 9.59 Å². The van der Waals surface area contributed by atoms with Crippen LogP contribution in [0.25, 0.3) is 0 Å². The molecule has 2 heterocycles. The first-order valence-electron chi connectivity index (χ1n) is 6.12. The number of nitrogens with one attached hydrogen (secondary N) is 2. The molecule has 0 unspecified atom stereocenters. The summed E-state index contributed by atoms with van der Waals surface area (Å²) in [7, 11) is 2.15. The molecule has 0 radical (unpaired) electrons. The third kappa shape index (κ3) is 2.95. The number of carbonyl (C=O) groups is 2. The molecule has 2 saturated heterocycles. The van der Waals surface area contributed by atoms with E-state index >= 15 is 0 Å². The van der Waals surface area contributed by atoms with Crippen molar-refractivity contribution < 1.29 is 9.59 Å². The maximum absolute atomic E-state index is 11.5. The molecule has 2 fully saturated rings. The second-order valence-electron chi connectivity index (χ2n) is 4.94. The van der Waals surface area contributed by atoms with Gasteiger partial charge < -0.3 is 4.90 Å². The highest BCUT2D eigenvalue weighted by atomic mass is 16.2. The number of carbonyl (C=O) groups excluding carboxylic acids is 2. The molecule has 0 bridgehead atoms. The molecule has 0 atom stereocenters. The largest absolute Gasteiger partial charge is 0.306 e. The van der Waals surface area contributed by atoms with Crippen LogP contribution in [0, 0.1) is 5.92 Å². The molecule has 0 aliphatic carbocycles. The Balaban J connectivity index is 1.68. The molecule has 0 aromatic rings. The Hall–Kier alpha value is -1.14. The lowest BCUT2D eigenvalue weighted by Crippen LogP contribution is -2.60. The van der Waals surface area contributed by atoms with E-state index in [0.717, 1.165) is 26.2 Å². The predicted octanol–water partition coefficient (Wildman–Crippen LogP) is -1.21. The monoisotopic (exact) mass is 240 g/mol. The number of hydrogen-bond donors (Lipinski definition) is 2. The number of piperidine rings is 1. The highest BCUT2D eigenvalue weighted by molar-refractivity contribution is 5.80. The summed E-state index contributed by atoms with van der Waals surface area (Å²) in [6.45, 7) is 3.93. The van der Waals surface area contributed by atoms with Gasteiger partial charge in [0.15, 0.2) is 0 Å². The zero-order chi connectivity index (χ0) is 12.3. The first kappa shape index (κ1) is 12.3. The molecule has 2 aliphatic heterocycles. The van der Waals surface area contributed by atoms with Crippen molar-refractivity contribution in [1.82, 2.24) is 20.7 Å². The highest BCUT2D eigenvalue weighted by Gasteiger charge is 2.37. The van der Waals surface area contributed by atoms with Crippen LogP contribution in [-0.4, -0.2) is 61.4 Å². The fourth-order valence-electron chi connectivity index (χ4n) is 2.54. The summed E-state index contributed by atoms with van der Waals surface area (Å²) in [5.41, 5.74) is 4.56. The Labute approximate surface area is 101 Å². The molecule has 6 heteroatoms. The van der Waals surface area contributed by atoms with E-state index in [4.69, 9.17) is 0 Å². The molecule has 2 N–H and O–H groups in total. The zero-order valence-corrected chi connectivity index (χ0v) is 10.2. The van der Waals surface area contributed by atoms with Crippen LogP contribution in [0.3, 0.4) is 0 Å². The molecule has 2 aliphatic rings. The molecule has 0 saturated carbocycles. The normalized spacial score (nSPS) is 24.1. The third-order valence-corrected chi connectivity index (χ3v) is 3.74. The van der Waals surface area contributed by atoms with Gasteiger partial charge in [-0.1, -0.05) is 0 Å². The third-order valence-electron chi connectivity index (χ3n) is 3.74. The van der Waals surface area contributed by atoms with Crippen LogP contribution < -0.4 is 10.9 Å². The Bertz CT molecular complexity index is 283. The molecule has 17 heavy (non-hydrogen) atoms. The lowest BCUT2D eigenvalue weighted by molar-refractivity contribution is -0.134. The van der Waals surface area contributed by atoms with Crippen molar-refractivity contribution in [2.45, 2.75) is 18.9 Å². The molecule has 2 rings (SSSR count). The van der Waals surface area contributed by atoms with Crippen molar-refractivity contribution in [1.29, 1.82) is 0 Å². The van der Waals surface area contributed by atoms with Gasteiger partial charge in [0.2, 0.25) is 12.3 Å². The van der Waals surface area contributed by atoms with E-state index in [-0.39, 0.29) is 11.8 Å². The van der Waals surface area contributed by atoms with Gasteiger partial charge in [-0.2, -0.15) is 0 Å². The Morgan fingerprint density at radius 2 is 1.94 bits per heavy atom. The van der Waals surface area contributed by atoms with Crippen LogP contribution in [0.2, 0.25) is 0 Å². The summed E-state index contributed by atoms with van der Waals surface area (Å²) in [4.78, 5) is 26.3. The Kier molecular flexibility index (Phi) is 3.96. The second-order valence-corrected chi connectivity index (χ2v) is 4.94. The molecule has 2 amide bonds. The number of rotatable bonds is 4. The van der Waals surface area contributed by atoms with Gasteiger partial charge in [0.05, 0.1) is 5.92 Å². The summed E-state index contributed by atoms with van der Waals surface area (Å²) in [6, 6.07) is 0.634. The SMILES string of the molecule is CN1CCC(N2CC(C(=O)NNC=O)C2)CC1. The lowest BCUT2D eigenvalue weighted by Gasteiger charge is -2.46. The van der Waals surface area contributed by atoms with Crippen molar-refractivity contribution in [2.75, 3.05) is 33.2 Å². The summed E-state index contributed by atoms with van der Waals surface area (Å²) in [5, 5.41) is 0. The molecule has 0 aromatic carbocycles. The topological polar surface area (TPSA) is 64.7 Å². The number of likely N-dealkylation sites (tertiary alicyclic amines) is 2. The minimum absolute atomic E-state index is 0.0297. The van der Waals surface area contributed by atoms with Crippen molar-refractivity contribution in [3.8, 4) is 0 Å². The first-order valence-corrected chi connectivity index (χ1v) is 6.12. The van der Waals surface area contributed by atoms with Crippen LogP contribution in [0.1, 0.15) is 12.8 Å². The van der Waals surface area contributed by atoms with Crippen molar-refractivity contribution in [3.63, 3.8) is 0 Å². The van der Waals surface area contributed by atoms with Crippen LogP contribution in [0.15, 0.2) is 0 Å². The standard InChI is InChI=1S/C11H20N4O2/c1-14-4-2-10(3-5-14)15-6-9(7-15)11(17)13-12-8-16/h8-10H,2-7H2,1H3,(H,12,16)(H,13,17). The van der Waals surface area contributed by atoms with Gasteiger partial charge >= 0.3 is 0 Å². The molecular formula is C11H20N4O2. The van der Waals surface area contributed by atoms with Gasteiger partial charge in [0.25, 0.3) is 0 Å². The minimum atomic E-state index is -0.0822. The maximum Gasteiger partial charge on any atom is 0.244 e. The fourth-order valence-corrected chi connectivity index (χ4v) is 2.54. The van der Waals surface area contributed by atoms with Crippen LogP contribution in [0.4, 0.5) is 0 Å². The average Bonchev–Trinajstić information content (AvgIpc) is 2.27. The zero-order valence-electron chi connectivity index (χ0n) is 10.2. The van der Waals surface area contributed by atoms with Gasteiger partial charge in [0, 0.05) is 19.1 Å². The molecule has 96 valence electrons. The highest BCUT2D eigenvalue weighted by Crippen LogP contribution is 2.24. The van der Waals surface area contributed by atoms with Gasteiger partial charge in [-0.15, -0.1) is 0 Å². The molecular weight excluding hydrogens is 220 g/mol. The fraction of sp³-hybridized carbons (Fsp3) is 0.818. The predicted molar refractivity (Wildman–Crippen MR) is 62.9 cm³/mol. The molecule has 0 spiro atoms. The molecule has 6 nitrogen and oxygen atoms in total. The van der Waals surface area contributed by atoms with E-state index in [1.54, 1.807) is 0 Å². The lowest BCUT2D eigenvalue weighted by atomic mass is 9.93. The summed E-state index contributed by atoms with van der Waals surface area (Å²) in [6.07, 6.45) is 2.86. The van der Waals surface area contributed by atoms with E-state index in [0.29, 0.717) is 12.5 Å². The number of hydrazine groups is 1. The van der Waals surface area contributed by atoms with Gasteiger partial charge in [-0.25, -0.2) is 0 Å². The first-order chi connectivity index (χ1) is 8.20.